The summed E-state index contributed by atoms with van der Waals surface area (Å²) < 4.78 is 0. The van der Waals surface area contributed by atoms with Crippen LogP contribution in [0.2, 0.25) is 0 Å². The molecule has 3 nitrogen and oxygen atoms in total. The highest BCUT2D eigenvalue weighted by molar-refractivity contribution is 5.69. The van der Waals surface area contributed by atoms with Gasteiger partial charge >= 0.3 is 5.97 Å². The fourth-order valence-electron chi connectivity index (χ4n) is 1.74. The van der Waals surface area contributed by atoms with Gasteiger partial charge in [0.2, 0.25) is 0 Å². The lowest BCUT2D eigenvalue weighted by Crippen LogP contribution is -2.22. The summed E-state index contributed by atoms with van der Waals surface area (Å²) in [5.41, 5.74) is 0. The number of carboxylic acid groups (broad SMARTS) is 1. The highest BCUT2D eigenvalue weighted by Gasteiger charge is 2.22. The fraction of sp³-hybridized carbons (Fsp3) is 0.889. The number of aliphatic hydroxyl groups excluding tert-OH is 1. The lowest BCUT2D eigenvalue weighted by molar-refractivity contribution is -0.143. The molecule has 0 spiro atoms. The van der Waals surface area contributed by atoms with E-state index in [0.717, 1.165) is 32.1 Å². The van der Waals surface area contributed by atoms with Gasteiger partial charge in [0.05, 0.1) is 12.0 Å². The molecule has 2 atom stereocenters. The van der Waals surface area contributed by atoms with Crippen LogP contribution < -0.4 is 0 Å². The number of hydrogen-bond acceptors (Lipinski definition) is 2. The predicted octanol–water partition coefficient (Wildman–Crippen LogP) is 1.40. The molecular formula is C9H16O3. The summed E-state index contributed by atoms with van der Waals surface area (Å²) in [7, 11) is 0. The van der Waals surface area contributed by atoms with Gasteiger partial charge in [-0.2, -0.15) is 0 Å². The van der Waals surface area contributed by atoms with Gasteiger partial charge in [-0.15, -0.1) is 0 Å². The van der Waals surface area contributed by atoms with Crippen molar-refractivity contribution in [3.05, 3.63) is 0 Å². The quantitative estimate of drug-likeness (QED) is 0.628. The first-order chi connectivity index (χ1) is 5.70. The molecule has 0 aromatic rings. The Balaban J connectivity index is 2.43. The van der Waals surface area contributed by atoms with Crippen molar-refractivity contribution < 1.29 is 15.0 Å². The zero-order chi connectivity index (χ0) is 8.97. The SMILES string of the molecule is O=C(O)C1CCCCCC(O)C1. The molecule has 0 bridgehead atoms. The van der Waals surface area contributed by atoms with Crippen LogP contribution in [0, 0.1) is 5.92 Å². The van der Waals surface area contributed by atoms with E-state index in [2.05, 4.69) is 0 Å². The summed E-state index contributed by atoms with van der Waals surface area (Å²) in [6.45, 7) is 0. The Hall–Kier alpha value is -0.570. The molecule has 0 aliphatic heterocycles. The molecule has 70 valence electrons. The van der Waals surface area contributed by atoms with Crippen molar-refractivity contribution in [2.24, 2.45) is 5.92 Å². The van der Waals surface area contributed by atoms with Crippen molar-refractivity contribution in [3.63, 3.8) is 0 Å². The van der Waals surface area contributed by atoms with E-state index in [0.29, 0.717) is 6.42 Å². The van der Waals surface area contributed by atoms with Crippen molar-refractivity contribution in [1.29, 1.82) is 0 Å². The van der Waals surface area contributed by atoms with E-state index < -0.39 is 12.1 Å². The molecule has 0 radical (unpaired) electrons. The first-order valence-corrected chi connectivity index (χ1v) is 4.61. The molecule has 12 heavy (non-hydrogen) atoms. The van der Waals surface area contributed by atoms with Crippen LogP contribution in [-0.4, -0.2) is 22.3 Å². The van der Waals surface area contributed by atoms with E-state index in [1.165, 1.54) is 0 Å². The van der Waals surface area contributed by atoms with Crippen LogP contribution in [0.5, 0.6) is 0 Å². The molecule has 0 heterocycles. The van der Waals surface area contributed by atoms with Gasteiger partial charge in [0, 0.05) is 0 Å². The molecule has 3 heteroatoms. The number of hydrogen-bond donors (Lipinski definition) is 2. The minimum atomic E-state index is -0.754. The number of aliphatic carboxylic acids is 1. The van der Waals surface area contributed by atoms with Crippen molar-refractivity contribution >= 4 is 5.97 Å². The summed E-state index contributed by atoms with van der Waals surface area (Å²) in [6.07, 6.45) is 4.62. The van der Waals surface area contributed by atoms with Crippen LogP contribution in [0.3, 0.4) is 0 Å². The van der Waals surface area contributed by atoms with Crippen LogP contribution in [0.25, 0.3) is 0 Å². The minimum absolute atomic E-state index is 0.319. The Bertz CT molecular complexity index is 156. The van der Waals surface area contributed by atoms with E-state index in [1.54, 1.807) is 0 Å². The van der Waals surface area contributed by atoms with E-state index in [1.807, 2.05) is 0 Å². The normalized spacial score (nSPS) is 32.1. The Kier molecular flexibility index (Phi) is 3.53. The topological polar surface area (TPSA) is 57.5 Å². The monoisotopic (exact) mass is 172 g/mol. The predicted molar refractivity (Wildman–Crippen MR) is 44.8 cm³/mol. The largest absolute Gasteiger partial charge is 0.481 e. The van der Waals surface area contributed by atoms with Gasteiger partial charge in [-0.25, -0.2) is 0 Å². The first kappa shape index (κ1) is 9.52. The third-order valence-electron chi connectivity index (χ3n) is 2.50. The molecule has 0 aromatic heterocycles. The number of rotatable bonds is 1. The third kappa shape index (κ3) is 2.81. The lowest BCUT2D eigenvalue weighted by Gasteiger charge is -2.19. The summed E-state index contributed by atoms with van der Waals surface area (Å²) >= 11 is 0. The number of aliphatic hydroxyl groups is 1. The summed E-state index contributed by atoms with van der Waals surface area (Å²) in [6, 6.07) is 0. The molecule has 0 saturated heterocycles. The van der Waals surface area contributed by atoms with Crippen LogP contribution >= 0.6 is 0 Å². The number of carboxylic acids is 1. The maximum absolute atomic E-state index is 10.7. The van der Waals surface area contributed by atoms with Crippen molar-refractivity contribution in [2.45, 2.75) is 44.6 Å². The molecule has 0 amide bonds. The summed E-state index contributed by atoms with van der Waals surface area (Å²) in [5, 5.41) is 18.1. The zero-order valence-electron chi connectivity index (χ0n) is 7.20. The first-order valence-electron chi connectivity index (χ1n) is 4.61. The average Bonchev–Trinajstić information content (AvgIpc) is 1.95. The maximum Gasteiger partial charge on any atom is 0.306 e. The second-order valence-corrected chi connectivity index (χ2v) is 3.56. The molecule has 1 aliphatic carbocycles. The lowest BCUT2D eigenvalue weighted by atomic mass is 9.90. The summed E-state index contributed by atoms with van der Waals surface area (Å²) in [5.74, 6) is -1.07. The molecule has 1 rings (SSSR count). The van der Waals surface area contributed by atoms with Gasteiger partial charge in [0.1, 0.15) is 0 Å². The highest BCUT2D eigenvalue weighted by Crippen LogP contribution is 2.22. The fourth-order valence-corrected chi connectivity index (χ4v) is 1.74. The van der Waals surface area contributed by atoms with Crippen LogP contribution in [0.15, 0.2) is 0 Å². The second-order valence-electron chi connectivity index (χ2n) is 3.56. The minimum Gasteiger partial charge on any atom is -0.481 e. The van der Waals surface area contributed by atoms with Crippen molar-refractivity contribution in [1.82, 2.24) is 0 Å². The molecular weight excluding hydrogens is 156 g/mol. The van der Waals surface area contributed by atoms with Crippen molar-refractivity contribution in [2.75, 3.05) is 0 Å². The van der Waals surface area contributed by atoms with E-state index in [4.69, 9.17) is 5.11 Å². The number of carbonyl (C=O) groups is 1. The zero-order valence-corrected chi connectivity index (χ0v) is 7.20. The van der Waals surface area contributed by atoms with E-state index in [9.17, 15) is 9.90 Å². The average molecular weight is 172 g/mol. The van der Waals surface area contributed by atoms with Crippen molar-refractivity contribution in [3.8, 4) is 0 Å². The Labute approximate surface area is 72.4 Å². The smallest absolute Gasteiger partial charge is 0.306 e. The Morgan fingerprint density at radius 3 is 2.50 bits per heavy atom. The third-order valence-corrected chi connectivity index (χ3v) is 2.50. The van der Waals surface area contributed by atoms with Gasteiger partial charge < -0.3 is 10.2 Å². The molecule has 0 aromatic carbocycles. The molecule has 1 aliphatic rings. The Morgan fingerprint density at radius 2 is 1.83 bits per heavy atom. The van der Waals surface area contributed by atoms with E-state index >= 15 is 0 Å². The van der Waals surface area contributed by atoms with Gasteiger partial charge in [0.15, 0.2) is 0 Å². The van der Waals surface area contributed by atoms with Gasteiger partial charge in [-0.1, -0.05) is 19.3 Å². The highest BCUT2D eigenvalue weighted by atomic mass is 16.4. The maximum atomic E-state index is 10.7. The Morgan fingerprint density at radius 1 is 1.17 bits per heavy atom. The summed E-state index contributed by atoms with van der Waals surface area (Å²) in [4.78, 5) is 10.7. The molecule has 2 unspecified atom stereocenters. The van der Waals surface area contributed by atoms with Gasteiger partial charge in [-0.05, 0) is 19.3 Å². The van der Waals surface area contributed by atoms with E-state index in [-0.39, 0.29) is 5.92 Å². The van der Waals surface area contributed by atoms with Gasteiger partial charge in [-0.3, -0.25) is 4.79 Å². The molecule has 2 N–H and O–H groups in total. The second kappa shape index (κ2) is 4.45. The van der Waals surface area contributed by atoms with Crippen LogP contribution in [0.4, 0.5) is 0 Å². The van der Waals surface area contributed by atoms with Crippen LogP contribution in [0.1, 0.15) is 38.5 Å². The standard InChI is InChI=1S/C9H16O3/c10-8-5-3-1-2-4-7(6-8)9(11)12/h7-8,10H,1-6H2,(H,11,12). The van der Waals surface area contributed by atoms with Gasteiger partial charge in [0.25, 0.3) is 0 Å². The molecule has 1 fully saturated rings. The van der Waals surface area contributed by atoms with Crippen LogP contribution in [-0.2, 0) is 4.79 Å². The molecule has 1 saturated carbocycles.